The van der Waals surface area contributed by atoms with E-state index in [9.17, 15) is 0 Å². The van der Waals surface area contributed by atoms with E-state index in [0.29, 0.717) is 5.92 Å². The molecule has 0 amide bonds. The van der Waals surface area contributed by atoms with E-state index in [2.05, 4.69) is 39.9 Å². The number of benzene rings is 1. The van der Waals surface area contributed by atoms with Gasteiger partial charge in [-0.05, 0) is 62.0 Å². The van der Waals surface area contributed by atoms with Crippen molar-refractivity contribution in [3.8, 4) is 0 Å². The van der Waals surface area contributed by atoms with Gasteiger partial charge in [-0.25, -0.2) is 0 Å². The fourth-order valence-corrected chi connectivity index (χ4v) is 4.15. The SMILES string of the molecule is CN=C(NCCCOCC1CCOCC1)NCCCOC1CCCc2ccccc21. The van der Waals surface area contributed by atoms with Gasteiger partial charge in [0.2, 0.25) is 0 Å². The minimum Gasteiger partial charge on any atom is -0.381 e. The van der Waals surface area contributed by atoms with Crippen molar-refractivity contribution in [3.63, 3.8) is 0 Å². The first kappa shape index (κ1) is 23.0. The maximum Gasteiger partial charge on any atom is 0.190 e. The number of aryl methyl sites for hydroxylation is 1. The molecule has 0 saturated carbocycles. The standard InChI is InChI=1S/C24H39N3O3/c1-25-24(26-13-5-15-29-19-20-11-17-28-18-12-20)27-14-6-16-30-23-10-4-8-21-7-2-3-9-22(21)23/h2-3,7,9,20,23H,4-6,8,10-19H2,1H3,(H2,25,26,27). The van der Waals surface area contributed by atoms with Crippen molar-refractivity contribution in [1.29, 1.82) is 0 Å². The Morgan fingerprint density at radius 3 is 2.63 bits per heavy atom. The van der Waals surface area contributed by atoms with Crippen LogP contribution in [0.1, 0.15) is 55.8 Å². The first-order valence-corrected chi connectivity index (χ1v) is 11.7. The van der Waals surface area contributed by atoms with E-state index in [1.807, 2.05) is 7.05 Å². The molecule has 0 spiro atoms. The molecule has 2 N–H and O–H groups in total. The molecular weight excluding hydrogens is 378 g/mol. The monoisotopic (exact) mass is 417 g/mol. The van der Waals surface area contributed by atoms with Crippen molar-refractivity contribution in [1.82, 2.24) is 10.6 Å². The average molecular weight is 418 g/mol. The summed E-state index contributed by atoms with van der Waals surface area (Å²) in [4.78, 5) is 4.30. The Labute approximate surface area is 181 Å². The van der Waals surface area contributed by atoms with Gasteiger partial charge in [0, 0.05) is 53.2 Å². The average Bonchev–Trinajstić information content (AvgIpc) is 2.80. The van der Waals surface area contributed by atoms with Gasteiger partial charge in [0.05, 0.1) is 6.10 Å². The first-order chi connectivity index (χ1) is 14.9. The summed E-state index contributed by atoms with van der Waals surface area (Å²) in [6.45, 7) is 5.91. The van der Waals surface area contributed by atoms with Crippen LogP contribution in [0.25, 0.3) is 0 Å². The number of hydrogen-bond acceptors (Lipinski definition) is 4. The number of ether oxygens (including phenoxy) is 3. The van der Waals surface area contributed by atoms with Gasteiger partial charge in [0.15, 0.2) is 5.96 Å². The number of aliphatic imine (C=N–C) groups is 1. The topological polar surface area (TPSA) is 64.1 Å². The summed E-state index contributed by atoms with van der Waals surface area (Å²) in [6.07, 6.45) is 7.99. The van der Waals surface area contributed by atoms with E-state index >= 15 is 0 Å². The molecular formula is C24H39N3O3. The third kappa shape index (κ3) is 7.89. The molecule has 1 aliphatic heterocycles. The Hall–Kier alpha value is -1.63. The van der Waals surface area contributed by atoms with Crippen LogP contribution < -0.4 is 10.6 Å². The lowest BCUT2D eigenvalue weighted by molar-refractivity contribution is 0.0203. The van der Waals surface area contributed by atoms with Gasteiger partial charge >= 0.3 is 0 Å². The van der Waals surface area contributed by atoms with Crippen molar-refractivity contribution >= 4 is 5.96 Å². The lowest BCUT2D eigenvalue weighted by Gasteiger charge is -2.25. The highest BCUT2D eigenvalue weighted by molar-refractivity contribution is 5.79. The minimum absolute atomic E-state index is 0.258. The van der Waals surface area contributed by atoms with E-state index in [4.69, 9.17) is 14.2 Å². The fourth-order valence-electron chi connectivity index (χ4n) is 4.15. The fraction of sp³-hybridized carbons (Fsp3) is 0.708. The molecule has 1 aromatic rings. The zero-order valence-corrected chi connectivity index (χ0v) is 18.5. The molecule has 1 aromatic carbocycles. The third-order valence-electron chi connectivity index (χ3n) is 5.92. The van der Waals surface area contributed by atoms with Crippen molar-refractivity contribution in [2.75, 3.05) is 53.2 Å². The van der Waals surface area contributed by atoms with Gasteiger partial charge in [-0.2, -0.15) is 0 Å². The third-order valence-corrected chi connectivity index (χ3v) is 5.92. The number of hydrogen-bond donors (Lipinski definition) is 2. The van der Waals surface area contributed by atoms with E-state index in [-0.39, 0.29) is 6.10 Å². The molecule has 30 heavy (non-hydrogen) atoms. The molecule has 1 unspecified atom stereocenters. The summed E-state index contributed by atoms with van der Waals surface area (Å²) >= 11 is 0. The summed E-state index contributed by atoms with van der Waals surface area (Å²) in [6, 6.07) is 8.70. The molecule has 1 heterocycles. The molecule has 168 valence electrons. The van der Waals surface area contributed by atoms with E-state index in [1.54, 1.807) is 0 Å². The van der Waals surface area contributed by atoms with Crippen LogP contribution in [0.4, 0.5) is 0 Å². The first-order valence-electron chi connectivity index (χ1n) is 11.7. The number of rotatable bonds is 11. The number of nitrogens with one attached hydrogen (secondary N) is 2. The van der Waals surface area contributed by atoms with Gasteiger partial charge in [-0.15, -0.1) is 0 Å². The highest BCUT2D eigenvalue weighted by Crippen LogP contribution is 2.32. The second-order valence-corrected chi connectivity index (χ2v) is 8.21. The Balaban J connectivity index is 1.20. The summed E-state index contributed by atoms with van der Waals surface area (Å²) < 4.78 is 17.4. The highest BCUT2D eigenvalue weighted by Gasteiger charge is 2.19. The molecule has 1 atom stereocenters. The van der Waals surface area contributed by atoms with E-state index in [0.717, 1.165) is 84.2 Å². The van der Waals surface area contributed by atoms with Gasteiger partial charge in [-0.3, -0.25) is 4.99 Å². The summed E-state index contributed by atoms with van der Waals surface area (Å²) in [5, 5.41) is 6.73. The lowest BCUT2D eigenvalue weighted by atomic mass is 9.89. The Morgan fingerprint density at radius 2 is 1.83 bits per heavy atom. The predicted molar refractivity (Wildman–Crippen MR) is 121 cm³/mol. The normalized spacial score (nSPS) is 20.0. The zero-order chi connectivity index (χ0) is 20.9. The Kier molecular flexibility index (Phi) is 10.5. The van der Waals surface area contributed by atoms with Crippen LogP contribution in [0.15, 0.2) is 29.3 Å². The van der Waals surface area contributed by atoms with Crippen molar-refractivity contribution < 1.29 is 14.2 Å². The maximum atomic E-state index is 6.18. The van der Waals surface area contributed by atoms with Crippen LogP contribution in [0.5, 0.6) is 0 Å². The van der Waals surface area contributed by atoms with Crippen LogP contribution in [-0.2, 0) is 20.6 Å². The van der Waals surface area contributed by atoms with Crippen LogP contribution in [0.3, 0.4) is 0 Å². The molecule has 2 aliphatic rings. The molecule has 3 rings (SSSR count). The molecule has 0 radical (unpaired) electrons. The van der Waals surface area contributed by atoms with E-state index in [1.165, 1.54) is 24.0 Å². The number of nitrogens with zero attached hydrogens (tertiary/aromatic N) is 1. The quantitative estimate of drug-likeness (QED) is 0.328. The van der Waals surface area contributed by atoms with Crippen LogP contribution >= 0.6 is 0 Å². The Bertz CT molecular complexity index is 632. The Morgan fingerprint density at radius 1 is 1.07 bits per heavy atom. The summed E-state index contributed by atoms with van der Waals surface area (Å²) in [7, 11) is 1.81. The van der Waals surface area contributed by atoms with Crippen LogP contribution in [-0.4, -0.2) is 59.1 Å². The molecule has 6 nitrogen and oxygen atoms in total. The highest BCUT2D eigenvalue weighted by atomic mass is 16.5. The molecule has 1 saturated heterocycles. The van der Waals surface area contributed by atoms with Gasteiger partial charge < -0.3 is 24.8 Å². The number of guanidine groups is 1. The zero-order valence-electron chi connectivity index (χ0n) is 18.5. The van der Waals surface area contributed by atoms with E-state index < -0.39 is 0 Å². The smallest absolute Gasteiger partial charge is 0.190 e. The molecule has 1 aliphatic carbocycles. The summed E-state index contributed by atoms with van der Waals surface area (Å²) in [5.41, 5.74) is 2.83. The van der Waals surface area contributed by atoms with Crippen molar-refractivity contribution in [2.24, 2.45) is 10.9 Å². The maximum absolute atomic E-state index is 6.18. The van der Waals surface area contributed by atoms with Gasteiger partial charge in [0.25, 0.3) is 0 Å². The van der Waals surface area contributed by atoms with Crippen LogP contribution in [0, 0.1) is 5.92 Å². The minimum atomic E-state index is 0.258. The summed E-state index contributed by atoms with van der Waals surface area (Å²) in [5.74, 6) is 1.52. The number of fused-ring (bicyclic) bond motifs is 1. The lowest BCUT2D eigenvalue weighted by Crippen LogP contribution is -2.38. The van der Waals surface area contributed by atoms with Crippen molar-refractivity contribution in [2.45, 2.75) is 51.0 Å². The largest absolute Gasteiger partial charge is 0.381 e. The second-order valence-electron chi connectivity index (χ2n) is 8.21. The molecule has 6 heteroatoms. The van der Waals surface area contributed by atoms with Gasteiger partial charge in [0.1, 0.15) is 0 Å². The van der Waals surface area contributed by atoms with Gasteiger partial charge in [-0.1, -0.05) is 24.3 Å². The second kappa shape index (κ2) is 13.6. The van der Waals surface area contributed by atoms with Crippen molar-refractivity contribution in [3.05, 3.63) is 35.4 Å². The molecule has 0 aromatic heterocycles. The predicted octanol–water partition coefficient (Wildman–Crippen LogP) is 3.47. The molecule has 0 bridgehead atoms. The molecule has 1 fully saturated rings. The van der Waals surface area contributed by atoms with Crippen LogP contribution in [0.2, 0.25) is 0 Å².